The lowest BCUT2D eigenvalue weighted by Crippen LogP contribution is -2.56. The maximum absolute atomic E-state index is 13.7. The van der Waals surface area contributed by atoms with Gasteiger partial charge in [-0.05, 0) is 65.7 Å². The molecule has 0 aromatic heterocycles. The normalized spacial score (nSPS) is 28.0. The lowest BCUT2D eigenvalue weighted by Gasteiger charge is -2.55. The molecule has 1 saturated carbocycles. The molecule has 2 aliphatic rings. The fraction of sp³-hybridized carbons (Fsp3) is 0.542. The van der Waals surface area contributed by atoms with Crippen molar-refractivity contribution in [3.05, 3.63) is 53.3 Å². The Labute approximate surface area is 163 Å². The van der Waals surface area contributed by atoms with Crippen molar-refractivity contribution in [1.82, 2.24) is 0 Å². The molecule has 1 aromatic rings. The van der Waals surface area contributed by atoms with Gasteiger partial charge in [-0.2, -0.15) is 0 Å². The quantitative estimate of drug-likeness (QED) is 0.425. The van der Waals surface area contributed by atoms with Gasteiger partial charge in [-0.1, -0.05) is 39.8 Å². The zero-order valence-corrected chi connectivity index (χ0v) is 17.3. The van der Waals surface area contributed by atoms with Crippen molar-refractivity contribution in [3.63, 3.8) is 0 Å². The molecule has 0 spiro atoms. The number of hydrogen-bond donors (Lipinski definition) is 1. The summed E-state index contributed by atoms with van der Waals surface area (Å²) in [5.41, 5.74) is 3.27. The average Bonchev–Trinajstić information content (AvgIpc) is 2.63. The minimum atomic E-state index is -0.672. The second-order valence-electron chi connectivity index (χ2n) is 9.11. The number of ether oxygens (including phenoxy) is 1. The average molecular weight is 369 g/mol. The summed E-state index contributed by atoms with van der Waals surface area (Å²) in [5, 5.41) is 9.80. The summed E-state index contributed by atoms with van der Waals surface area (Å²) in [6.45, 7) is 12.7. The fourth-order valence-corrected chi connectivity index (χ4v) is 5.62. The lowest BCUT2D eigenvalue weighted by molar-refractivity contribution is -0.129. The van der Waals surface area contributed by atoms with Crippen LogP contribution in [0.15, 0.2) is 36.6 Å². The molecular weight excluding hydrogens is 336 g/mol. The van der Waals surface area contributed by atoms with Gasteiger partial charge in [0.15, 0.2) is 5.78 Å². The smallest absolute Gasteiger partial charge is 0.173 e. The number of aliphatic hydroxyl groups excluding tert-OH is 1. The van der Waals surface area contributed by atoms with Crippen LogP contribution < -0.4 is 4.74 Å². The molecule has 0 heterocycles. The second-order valence-corrected chi connectivity index (χ2v) is 9.11. The van der Waals surface area contributed by atoms with E-state index >= 15 is 0 Å². The van der Waals surface area contributed by atoms with E-state index in [1.165, 1.54) is 11.1 Å². The Morgan fingerprint density at radius 3 is 2.63 bits per heavy atom. The van der Waals surface area contributed by atoms with Gasteiger partial charge in [-0.3, -0.25) is 4.79 Å². The molecule has 0 unspecified atom stereocenters. The molecular formula is C24H32O3. The number of aryl methyl sites for hydroxylation is 1. The summed E-state index contributed by atoms with van der Waals surface area (Å²) in [5.74, 6) is 1.46. The summed E-state index contributed by atoms with van der Waals surface area (Å²) in [4.78, 5) is 13.7. The molecule has 1 aromatic carbocycles. The number of rotatable bonds is 4. The third-order valence-electron chi connectivity index (χ3n) is 6.76. The van der Waals surface area contributed by atoms with E-state index in [4.69, 9.17) is 4.74 Å². The van der Waals surface area contributed by atoms with Crippen LogP contribution in [-0.4, -0.2) is 18.0 Å². The lowest BCUT2D eigenvalue weighted by atomic mass is 9.47. The number of ketones is 1. The Hall–Kier alpha value is -2.03. The molecule has 0 bridgehead atoms. The summed E-state index contributed by atoms with van der Waals surface area (Å²) >= 11 is 0. The molecule has 0 amide bonds. The molecule has 2 atom stereocenters. The van der Waals surface area contributed by atoms with Gasteiger partial charge in [0.25, 0.3) is 0 Å². The Balaban J connectivity index is 2.33. The van der Waals surface area contributed by atoms with Gasteiger partial charge in [0.1, 0.15) is 5.75 Å². The number of benzene rings is 1. The second kappa shape index (κ2) is 6.85. The van der Waals surface area contributed by atoms with E-state index in [0.717, 1.165) is 30.4 Å². The van der Waals surface area contributed by atoms with Gasteiger partial charge in [-0.15, -0.1) is 6.58 Å². The fourth-order valence-electron chi connectivity index (χ4n) is 5.62. The van der Waals surface area contributed by atoms with Crippen molar-refractivity contribution in [2.75, 3.05) is 7.11 Å². The third-order valence-corrected chi connectivity index (χ3v) is 6.76. The number of fused-ring (bicyclic) bond motifs is 3. The molecule has 0 radical (unpaired) electrons. The van der Waals surface area contributed by atoms with Crippen LogP contribution in [0.2, 0.25) is 0 Å². The highest BCUT2D eigenvalue weighted by molar-refractivity contribution is 6.05. The molecule has 3 heteroatoms. The van der Waals surface area contributed by atoms with E-state index in [1.54, 1.807) is 7.11 Å². The Bertz CT molecular complexity index is 800. The highest BCUT2D eigenvalue weighted by Gasteiger charge is 2.58. The molecule has 146 valence electrons. The predicted molar refractivity (Wildman–Crippen MR) is 110 cm³/mol. The highest BCUT2D eigenvalue weighted by atomic mass is 16.5. The number of methoxy groups -OCH3 is 1. The summed E-state index contributed by atoms with van der Waals surface area (Å²) < 4.78 is 5.71. The summed E-state index contributed by atoms with van der Waals surface area (Å²) in [6, 6.07) is 4.33. The number of allylic oxidation sites excluding steroid dienone is 2. The topological polar surface area (TPSA) is 46.5 Å². The summed E-state index contributed by atoms with van der Waals surface area (Å²) in [7, 11) is 1.69. The van der Waals surface area contributed by atoms with Crippen molar-refractivity contribution < 1.29 is 14.6 Å². The van der Waals surface area contributed by atoms with E-state index < -0.39 is 5.41 Å². The molecule has 1 fully saturated rings. The van der Waals surface area contributed by atoms with Crippen LogP contribution >= 0.6 is 0 Å². The zero-order chi connectivity index (χ0) is 20.0. The first-order valence-electron chi connectivity index (χ1n) is 9.93. The molecule has 27 heavy (non-hydrogen) atoms. The predicted octanol–water partition coefficient (Wildman–Crippen LogP) is 5.64. The number of Topliss-reactive ketones (excluding diaryl/α,β-unsaturated/α-hetero) is 1. The van der Waals surface area contributed by atoms with Crippen LogP contribution in [0.3, 0.4) is 0 Å². The minimum absolute atomic E-state index is 0.0505. The van der Waals surface area contributed by atoms with Gasteiger partial charge in [-0.25, -0.2) is 0 Å². The first-order chi connectivity index (χ1) is 12.7. The van der Waals surface area contributed by atoms with Crippen molar-refractivity contribution in [3.8, 4) is 5.75 Å². The Morgan fingerprint density at radius 1 is 1.37 bits per heavy atom. The van der Waals surface area contributed by atoms with Crippen LogP contribution in [0.1, 0.15) is 69.6 Å². The minimum Gasteiger partial charge on any atom is -0.515 e. The largest absolute Gasteiger partial charge is 0.515 e. The molecule has 2 aliphatic carbocycles. The molecule has 1 N–H and O–H groups in total. The molecule has 0 saturated heterocycles. The van der Waals surface area contributed by atoms with Gasteiger partial charge < -0.3 is 9.84 Å². The Morgan fingerprint density at radius 2 is 2.07 bits per heavy atom. The molecule has 0 aliphatic heterocycles. The van der Waals surface area contributed by atoms with Crippen LogP contribution in [-0.2, 0) is 16.6 Å². The van der Waals surface area contributed by atoms with Crippen molar-refractivity contribution in [2.45, 2.75) is 64.7 Å². The molecule has 3 nitrogen and oxygen atoms in total. The van der Waals surface area contributed by atoms with E-state index in [0.29, 0.717) is 24.3 Å². The molecule has 3 rings (SSSR count). The van der Waals surface area contributed by atoms with Gasteiger partial charge in [0.05, 0.1) is 18.8 Å². The first kappa shape index (κ1) is 19.7. The van der Waals surface area contributed by atoms with Crippen LogP contribution in [0, 0.1) is 11.3 Å². The van der Waals surface area contributed by atoms with Crippen molar-refractivity contribution >= 4 is 5.78 Å². The Kier molecular flexibility index (Phi) is 5.00. The third kappa shape index (κ3) is 2.83. The number of hydrogen-bond acceptors (Lipinski definition) is 3. The SMILES string of the molecule is C=CC[C@]12C(=O)/C(=C/O)CC(C)(C)[C@H]1CCc1cc(C(C)C)c(OC)cc12. The van der Waals surface area contributed by atoms with Crippen LogP contribution in [0.5, 0.6) is 5.75 Å². The zero-order valence-electron chi connectivity index (χ0n) is 17.3. The van der Waals surface area contributed by atoms with Crippen molar-refractivity contribution in [1.29, 1.82) is 0 Å². The highest BCUT2D eigenvalue weighted by Crippen LogP contribution is 2.59. The van der Waals surface area contributed by atoms with Gasteiger partial charge >= 0.3 is 0 Å². The summed E-state index contributed by atoms with van der Waals surface area (Å²) in [6.07, 6.45) is 6.02. The maximum atomic E-state index is 13.7. The van der Waals surface area contributed by atoms with Crippen LogP contribution in [0.25, 0.3) is 0 Å². The number of aliphatic hydroxyl groups is 1. The van der Waals surface area contributed by atoms with Gasteiger partial charge in [0.2, 0.25) is 0 Å². The van der Waals surface area contributed by atoms with Crippen molar-refractivity contribution in [2.24, 2.45) is 11.3 Å². The van der Waals surface area contributed by atoms with E-state index in [-0.39, 0.29) is 17.1 Å². The maximum Gasteiger partial charge on any atom is 0.173 e. The number of carbonyl (C=O) groups excluding carboxylic acids is 1. The van der Waals surface area contributed by atoms with Gasteiger partial charge in [0, 0.05) is 5.57 Å². The number of carbonyl (C=O) groups is 1. The monoisotopic (exact) mass is 368 g/mol. The van der Waals surface area contributed by atoms with E-state index in [1.807, 2.05) is 6.08 Å². The van der Waals surface area contributed by atoms with Crippen LogP contribution in [0.4, 0.5) is 0 Å². The van der Waals surface area contributed by atoms with E-state index in [9.17, 15) is 9.90 Å². The standard InChI is InChI=1S/C24H32O3/c1-7-10-24-19-12-20(27-6)18(15(2)3)11-16(19)8-9-21(24)23(4,5)13-17(14-25)22(24)26/h7,11-12,14-15,21,25H,1,8-10,13H2,2-6H3/b17-14+/t21-,24-/m1/s1. The first-order valence-corrected chi connectivity index (χ1v) is 9.93. The van der Waals surface area contributed by atoms with E-state index in [2.05, 4.69) is 46.4 Å².